The van der Waals surface area contributed by atoms with Crippen molar-refractivity contribution in [3.63, 3.8) is 0 Å². The number of carbonyl (C=O) groups is 2. The minimum absolute atomic E-state index is 0.0208. The Kier molecular flexibility index (Phi) is 8.95. The average molecular weight is 592 g/mol. The normalized spacial score (nSPS) is 24.8. The maximum Gasteiger partial charge on any atom is 0.416 e. The van der Waals surface area contributed by atoms with Crippen molar-refractivity contribution < 1.29 is 42.2 Å². The van der Waals surface area contributed by atoms with Gasteiger partial charge in [0.1, 0.15) is 0 Å². The summed E-state index contributed by atoms with van der Waals surface area (Å²) >= 11 is 0. The van der Waals surface area contributed by atoms with Gasteiger partial charge in [0, 0.05) is 24.7 Å². The van der Waals surface area contributed by atoms with Crippen molar-refractivity contribution in [1.82, 2.24) is 15.7 Å². The molecule has 0 aromatic heterocycles. The third-order valence-corrected chi connectivity index (χ3v) is 8.36. The van der Waals surface area contributed by atoms with E-state index in [1.54, 1.807) is 0 Å². The number of hydrogen-bond acceptors (Lipinski definition) is 7. The zero-order chi connectivity index (χ0) is 29.9. The van der Waals surface area contributed by atoms with Crippen molar-refractivity contribution in [1.29, 1.82) is 0 Å². The minimum Gasteiger partial charge on any atom is -0.454 e. The number of benzene rings is 2. The molecule has 2 heterocycles. The Labute approximate surface area is 242 Å². The van der Waals surface area contributed by atoms with Crippen LogP contribution in [0.1, 0.15) is 66.9 Å². The molecule has 0 bridgehead atoms. The molecular weight excluding hydrogens is 555 g/mol. The highest BCUT2D eigenvalue weighted by atomic mass is 19.4. The van der Waals surface area contributed by atoms with Gasteiger partial charge in [-0.05, 0) is 80.3 Å². The lowest BCUT2D eigenvalue weighted by atomic mass is 9.73. The summed E-state index contributed by atoms with van der Waals surface area (Å²) in [6.45, 7) is 3.03. The monoisotopic (exact) mass is 591 g/mol. The quantitative estimate of drug-likeness (QED) is 0.402. The largest absolute Gasteiger partial charge is 0.454 e. The molecule has 2 aliphatic heterocycles. The molecule has 3 aliphatic rings. The summed E-state index contributed by atoms with van der Waals surface area (Å²) in [6.07, 6.45) is -0.265. The van der Waals surface area contributed by atoms with Gasteiger partial charge in [0.05, 0.1) is 23.8 Å². The number of halogens is 3. The lowest BCUT2D eigenvalue weighted by molar-refractivity contribution is -0.208. The second kappa shape index (κ2) is 12.5. The van der Waals surface area contributed by atoms with E-state index in [9.17, 15) is 27.9 Å². The highest BCUT2D eigenvalue weighted by Gasteiger charge is 2.39. The number of hydroxylamine groups is 2. The van der Waals surface area contributed by atoms with Crippen molar-refractivity contribution in [3.05, 3.63) is 59.2 Å². The van der Waals surface area contributed by atoms with Crippen LogP contribution in [0, 0.1) is 5.92 Å². The molecule has 1 saturated heterocycles. The fourth-order valence-electron chi connectivity index (χ4n) is 5.97. The lowest BCUT2D eigenvalue weighted by Crippen LogP contribution is -2.43. The van der Waals surface area contributed by atoms with E-state index in [4.69, 9.17) is 14.3 Å². The number of hydrogen-bond donors (Lipinski definition) is 3. The van der Waals surface area contributed by atoms with Crippen molar-refractivity contribution in [2.24, 2.45) is 5.92 Å². The fourth-order valence-corrected chi connectivity index (χ4v) is 5.97. The molecule has 0 spiro atoms. The fraction of sp³-hybridized carbons (Fsp3) is 0.533. The Balaban J connectivity index is 1.05. The summed E-state index contributed by atoms with van der Waals surface area (Å²) in [6, 6.07) is 9.49. The molecular formula is C30H36F3N3O6. The molecule has 3 N–H and O–H groups in total. The second-order valence-electron chi connectivity index (χ2n) is 11.2. The molecule has 2 aromatic rings. The number of nitrogens with zero attached hydrogens (tertiary/aromatic N) is 1. The lowest BCUT2D eigenvalue weighted by Gasteiger charge is -2.39. The van der Waals surface area contributed by atoms with Crippen LogP contribution >= 0.6 is 0 Å². The van der Waals surface area contributed by atoms with Gasteiger partial charge in [0.25, 0.3) is 5.91 Å². The summed E-state index contributed by atoms with van der Waals surface area (Å²) in [4.78, 5) is 31.0. The maximum absolute atomic E-state index is 12.9. The first-order chi connectivity index (χ1) is 20.0. The Morgan fingerprint density at radius 1 is 1.12 bits per heavy atom. The topological polar surface area (TPSA) is 109 Å². The van der Waals surface area contributed by atoms with E-state index < -0.39 is 29.2 Å². The predicted octanol–water partition coefficient (Wildman–Crippen LogP) is 4.14. The number of carbonyl (C=O) groups excluding carboxylic acids is 2. The van der Waals surface area contributed by atoms with Gasteiger partial charge in [-0.1, -0.05) is 19.1 Å². The summed E-state index contributed by atoms with van der Waals surface area (Å²) < 4.78 is 49.6. The van der Waals surface area contributed by atoms with E-state index in [0.717, 1.165) is 43.0 Å². The number of fused-ring (bicyclic) bond motifs is 1. The number of alkyl halides is 3. The highest BCUT2D eigenvalue weighted by Crippen LogP contribution is 2.44. The van der Waals surface area contributed by atoms with Gasteiger partial charge >= 0.3 is 6.18 Å². The molecule has 1 unspecified atom stereocenters. The highest BCUT2D eigenvalue weighted by molar-refractivity contribution is 5.96. The summed E-state index contributed by atoms with van der Waals surface area (Å²) in [5, 5.41) is 18.5. The number of aliphatic hydroxyl groups is 1. The predicted molar refractivity (Wildman–Crippen MR) is 145 cm³/mol. The first-order valence-corrected chi connectivity index (χ1v) is 14.3. The van der Waals surface area contributed by atoms with Crippen LogP contribution in [0.5, 0.6) is 11.5 Å². The third kappa shape index (κ3) is 6.99. The Hall–Kier alpha value is -3.35. The Morgan fingerprint density at radius 2 is 1.88 bits per heavy atom. The van der Waals surface area contributed by atoms with E-state index in [-0.39, 0.29) is 37.0 Å². The number of ether oxygens (including phenoxy) is 2. The zero-order valence-corrected chi connectivity index (χ0v) is 23.4. The Morgan fingerprint density at radius 3 is 2.62 bits per heavy atom. The van der Waals surface area contributed by atoms with Gasteiger partial charge in [-0.15, -0.1) is 0 Å². The maximum atomic E-state index is 12.9. The number of amides is 2. The van der Waals surface area contributed by atoms with Crippen molar-refractivity contribution in [3.8, 4) is 11.5 Å². The molecule has 5 rings (SSSR count). The van der Waals surface area contributed by atoms with E-state index in [1.165, 1.54) is 6.07 Å². The zero-order valence-electron chi connectivity index (χ0n) is 23.4. The molecule has 228 valence electrons. The first kappa shape index (κ1) is 30.1. The van der Waals surface area contributed by atoms with E-state index in [0.29, 0.717) is 43.9 Å². The van der Waals surface area contributed by atoms with Gasteiger partial charge in [-0.3, -0.25) is 14.4 Å². The van der Waals surface area contributed by atoms with Crippen LogP contribution in [0.25, 0.3) is 0 Å². The van der Waals surface area contributed by atoms with Gasteiger partial charge in [0.15, 0.2) is 11.5 Å². The van der Waals surface area contributed by atoms with E-state index >= 15 is 0 Å². The average Bonchev–Trinajstić information content (AvgIpc) is 3.63. The molecule has 12 heteroatoms. The van der Waals surface area contributed by atoms with Crippen LogP contribution in [0.4, 0.5) is 13.2 Å². The van der Waals surface area contributed by atoms with Gasteiger partial charge in [0.2, 0.25) is 12.7 Å². The molecule has 1 aliphatic carbocycles. The van der Waals surface area contributed by atoms with E-state index in [2.05, 4.69) is 17.6 Å². The number of rotatable bonds is 9. The van der Waals surface area contributed by atoms with Crippen LogP contribution in [0.2, 0.25) is 0 Å². The molecule has 2 atom stereocenters. The molecule has 1 saturated carbocycles. The minimum atomic E-state index is -4.56. The SMILES string of the molecule is CCC(ON1CC[C@H](NC(=O)CNC(=O)c2cccc(C(F)(F)F)c2)C1)C1CCC(O)(c2ccc3c(c2)OCO3)CC1. The molecule has 9 nitrogen and oxygen atoms in total. The van der Waals surface area contributed by atoms with Gasteiger partial charge in [-0.25, -0.2) is 0 Å². The molecule has 2 aromatic carbocycles. The number of nitrogens with one attached hydrogen (secondary N) is 2. The van der Waals surface area contributed by atoms with Crippen molar-refractivity contribution >= 4 is 11.8 Å². The second-order valence-corrected chi connectivity index (χ2v) is 11.2. The molecule has 2 amide bonds. The van der Waals surface area contributed by atoms with Crippen LogP contribution in [0.15, 0.2) is 42.5 Å². The van der Waals surface area contributed by atoms with Crippen molar-refractivity contribution in [2.75, 3.05) is 26.4 Å². The van der Waals surface area contributed by atoms with Crippen LogP contribution in [-0.2, 0) is 21.4 Å². The Bertz CT molecular complexity index is 1280. The summed E-state index contributed by atoms with van der Waals surface area (Å²) in [5.41, 5.74) is -1.18. The third-order valence-electron chi connectivity index (χ3n) is 8.36. The molecule has 0 radical (unpaired) electrons. The summed E-state index contributed by atoms with van der Waals surface area (Å²) in [5.74, 6) is 0.451. The molecule has 2 fully saturated rings. The smallest absolute Gasteiger partial charge is 0.416 e. The molecule has 42 heavy (non-hydrogen) atoms. The van der Waals surface area contributed by atoms with E-state index in [1.807, 2.05) is 23.3 Å². The van der Waals surface area contributed by atoms with Crippen LogP contribution in [-0.4, -0.2) is 60.6 Å². The standard InChI is InChI=1S/C30H36F3N3O6/c1-2-24(19-8-11-29(39,12-9-19)21-6-7-25-26(15-21)41-18-40-25)42-36-13-10-23(17-36)35-27(37)16-34-28(38)20-4-3-5-22(14-20)30(31,32)33/h3-7,14-15,19,23-24,39H,2,8-13,16-18H2,1H3,(H,34,38)(H,35,37)/t19?,23-,24?,29?/m0/s1. The van der Waals surface area contributed by atoms with Crippen LogP contribution < -0.4 is 20.1 Å². The van der Waals surface area contributed by atoms with Gasteiger partial charge in [-0.2, -0.15) is 18.2 Å². The van der Waals surface area contributed by atoms with Gasteiger partial charge < -0.3 is 25.2 Å². The summed E-state index contributed by atoms with van der Waals surface area (Å²) in [7, 11) is 0. The van der Waals surface area contributed by atoms with Crippen LogP contribution in [0.3, 0.4) is 0 Å². The van der Waals surface area contributed by atoms with Crippen molar-refractivity contribution in [2.45, 2.75) is 69.4 Å². The first-order valence-electron chi connectivity index (χ1n) is 14.3.